The third-order valence-electron chi connectivity index (χ3n) is 7.28. The van der Waals surface area contributed by atoms with E-state index in [2.05, 4.69) is 50.9 Å². The van der Waals surface area contributed by atoms with Crippen LogP contribution < -0.4 is 10.5 Å². The summed E-state index contributed by atoms with van der Waals surface area (Å²) in [6.07, 6.45) is 2.78. The number of hydrogen-bond acceptors (Lipinski definition) is 7. The molecule has 0 bridgehead atoms. The summed E-state index contributed by atoms with van der Waals surface area (Å²) in [5.41, 5.74) is 2.39. The van der Waals surface area contributed by atoms with Crippen molar-refractivity contribution < 1.29 is 0 Å². The molecular weight excluding hydrogens is 444 g/mol. The first kappa shape index (κ1) is 21.7. The van der Waals surface area contributed by atoms with Crippen molar-refractivity contribution in [2.45, 2.75) is 26.4 Å². The number of nitrogens with zero attached hydrogens (tertiary/aromatic N) is 6. The molecule has 7 nitrogen and oxygen atoms in total. The Balaban J connectivity index is 1.12. The number of benzene rings is 1. The summed E-state index contributed by atoms with van der Waals surface area (Å²) >= 11 is 1.71. The molecule has 1 aromatic carbocycles. The molecule has 0 amide bonds. The zero-order valence-corrected chi connectivity index (χ0v) is 20.4. The highest BCUT2D eigenvalue weighted by molar-refractivity contribution is 7.18. The number of likely N-dealkylation sites (N-methyl/N-ethyl adjacent to an activating group) is 1. The minimum atomic E-state index is 0.124. The van der Waals surface area contributed by atoms with Crippen LogP contribution >= 0.6 is 11.3 Å². The fourth-order valence-electron chi connectivity index (χ4n) is 5.17. The van der Waals surface area contributed by atoms with Crippen molar-refractivity contribution in [3.8, 4) is 0 Å². The minimum Gasteiger partial charge on any atom is -0.354 e. The van der Waals surface area contributed by atoms with E-state index in [0.29, 0.717) is 6.54 Å². The summed E-state index contributed by atoms with van der Waals surface area (Å²) < 4.78 is 1.82. The zero-order chi connectivity index (χ0) is 23.1. The van der Waals surface area contributed by atoms with Crippen LogP contribution in [0, 0.1) is 0 Å². The maximum absolute atomic E-state index is 13.3. The molecule has 0 unspecified atom stereocenters. The Hall–Kier alpha value is -2.81. The molecule has 0 N–H and O–H groups in total. The van der Waals surface area contributed by atoms with Crippen molar-refractivity contribution in [3.05, 3.63) is 63.5 Å². The molecule has 8 heteroatoms. The van der Waals surface area contributed by atoms with Gasteiger partial charge in [0, 0.05) is 62.6 Å². The minimum absolute atomic E-state index is 0.124. The van der Waals surface area contributed by atoms with Gasteiger partial charge in [-0.15, -0.1) is 11.3 Å². The van der Waals surface area contributed by atoms with Crippen molar-refractivity contribution in [2.75, 3.05) is 50.7 Å². The Morgan fingerprint density at radius 1 is 0.971 bits per heavy atom. The lowest BCUT2D eigenvalue weighted by molar-refractivity contribution is 0.246. The van der Waals surface area contributed by atoms with Crippen molar-refractivity contribution in [2.24, 2.45) is 0 Å². The fraction of sp³-hybridized carbons (Fsp3) is 0.423. The first-order valence-corrected chi connectivity index (χ1v) is 13.1. The molecule has 3 aromatic heterocycles. The predicted octanol–water partition coefficient (Wildman–Crippen LogP) is 3.21. The topological polar surface area (TPSA) is 57.5 Å². The highest BCUT2D eigenvalue weighted by Gasteiger charge is 2.24. The van der Waals surface area contributed by atoms with Crippen molar-refractivity contribution in [1.82, 2.24) is 24.3 Å². The van der Waals surface area contributed by atoms with Gasteiger partial charge in [-0.3, -0.25) is 19.2 Å². The summed E-state index contributed by atoms with van der Waals surface area (Å²) in [5, 5.41) is 2.03. The number of thiophene rings is 1. The summed E-state index contributed by atoms with van der Waals surface area (Å²) in [6, 6.07) is 12.5. The number of fused-ring (bicyclic) bond motifs is 4. The molecule has 4 aromatic rings. The standard InChI is InChI=1S/C26H30N6OS/c1-2-29-10-9-22-20(17-29)24-25(34-22)27-18-32(26(24)33)16-13-30-11-14-31(15-12-30)23-8-7-19-5-3-4-6-21(19)28-23/h3-8,18H,2,9-17H2,1H3. The second kappa shape index (κ2) is 9.09. The molecule has 0 spiro atoms. The van der Waals surface area contributed by atoms with Gasteiger partial charge in [-0.2, -0.15) is 0 Å². The molecule has 2 aliphatic heterocycles. The summed E-state index contributed by atoms with van der Waals surface area (Å²) in [7, 11) is 0. The van der Waals surface area contributed by atoms with Gasteiger partial charge in [0.25, 0.3) is 5.56 Å². The Morgan fingerprint density at radius 2 is 1.82 bits per heavy atom. The Bertz CT molecular complexity index is 1390. The van der Waals surface area contributed by atoms with Gasteiger partial charge in [-0.1, -0.05) is 25.1 Å². The largest absolute Gasteiger partial charge is 0.354 e. The van der Waals surface area contributed by atoms with Crippen LogP contribution in [0.2, 0.25) is 0 Å². The molecule has 6 rings (SSSR count). The number of para-hydroxylation sites is 1. The molecule has 0 saturated carbocycles. The van der Waals surface area contributed by atoms with E-state index in [1.54, 1.807) is 17.7 Å². The molecule has 0 radical (unpaired) electrons. The Morgan fingerprint density at radius 3 is 2.68 bits per heavy atom. The predicted molar refractivity (Wildman–Crippen MR) is 139 cm³/mol. The van der Waals surface area contributed by atoms with Crippen molar-refractivity contribution in [3.63, 3.8) is 0 Å². The van der Waals surface area contributed by atoms with Crippen LogP contribution in [0.4, 0.5) is 5.82 Å². The smallest absolute Gasteiger partial charge is 0.262 e. The molecule has 2 aliphatic rings. The van der Waals surface area contributed by atoms with Gasteiger partial charge < -0.3 is 4.90 Å². The van der Waals surface area contributed by atoms with E-state index in [9.17, 15) is 4.79 Å². The van der Waals surface area contributed by atoms with E-state index in [1.807, 2.05) is 16.7 Å². The Kier molecular flexibility index (Phi) is 5.80. The van der Waals surface area contributed by atoms with Crippen molar-refractivity contribution in [1.29, 1.82) is 0 Å². The summed E-state index contributed by atoms with van der Waals surface area (Å²) in [6.45, 7) is 10.5. The first-order valence-electron chi connectivity index (χ1n) is 12.2. The average Bonchev–Trinajstić information content (AvgIpc) is 3.27. The van der Waals surface area contributed by atoms with Crippen LogP contribution in [-0.2, 0) is 19.5 Å². The van der Waals surface area contributed by atoms with E-state index in [4.69, 9.17) is 4.98 Å². The quantitative estimate of drug-likeness (QED) is 0.443. The zero-order valence-electron chi connectivity index (χ0n) is 19.6. The molecular formula is C26H30N6OS. The molecule has 0 aliphatic carbocycles. The van der Waals surface area contributed by atoms with Gasteiger partial charge in [0.2, 0.25) is 0 Å². The third-order valence-corrected chi connectivity index (χ3v) is 8.48. The van der Waals surface area contributed by atoms with E-state index in [-0.39, 0.29) is 5.56 Å². The van der Waals surface area contributed by atoms with Crippen LogP contribution in [0.15, 0.2) is 47.5 Å². The number of aromatic nitrogens is 3. The first-order chi connectivity index (χ1) is 16.7. The molecule has 176 valence electrons. The van der Waals surface area contributed by atoms with Crippen LogP contribution in [-0.4, -0.2) is 70.1 Å². The second-order valence-corrected chi connectivity index (χ2v) is 10.3. The van der Waals surface area contributed by atoms with E-state index < -0.39 is 0 Å². The lowest BCUT2D eigenvalue weighted by Gasteiger charge is -2.35. The highest BCUT2D eigenvalue weighted by Crippen LogP contribution is 2.32. The maximum atomic E-state index is 13.3. The Labute approximate surface area is 203 Å². The van der Waals surface area contributed by atoms with Gasteiger partial charge in [-0.05, 0) is 36.7 Å². The number of anilines is 1. The van der Waals surface area contributed by atoms with Crippen LogP contribution in [0.3, 0.4) is 0 Å². The number of pyridine rings is 1. The van der Waals surface area contributed by atoms with Crippen LogP contribution in [0.1, 0.15) is 17.4 Å². The van der Waals surface area contributed by atoms with Crippen molar-refractivity contribution >= 4 is 38.3 Å². The molecule has 1 saturated heterocycles. The van der Waals surface area contributed by atoms with Crippen LogP contribution in [0.25, 0.3) is 21.1 Å². The molecule has 34 heavy (non-hydrogen) atoms. The average molecular weight is 475 g/mol. The lowest BCUT2D eigenvalue weighted by atomic mass is 10.1. The lowest BCUT2D eigenvalue weighted by Crippen LogP contribution is -2.47. The SMILES string of the molecule is CCN1CCc2sc3ncn(CCN4CCN(c5ccc6ccccc6n5)CC4)c(=O)c3c2C1. The molecule has 0 atom stereocenters. The number of hydrogen-bond donors (Lipinski definition) is 0. The number of rotatable bonds is 5. The maximum Gasteiger partial charge on any atom is 0.262 e. The molecule has 5 heterocycles. The van der Waals surface area contributed by atoms with E-state index in [0.717, 1.165) is 80.3 Å². The second-order valence-electron chi connectivity index (χ2n) is 9.24. The van der Waals surface area contributed by atoms with Gasteiger partial charge in [0.15, 0.2) is 0 Å². The van der Waals surface area contributed by atoms with Crippen LogP contribution in [0.5, 0.6) is 0 Å². The van der Waals surface area contributed by atoms with E-state index in [1.165, 1.54) is 15.8 Å². The summed E-state index contributed by atoms with van der Waals surface area (Å²) in [5.74, 6) is 1.05. The monoisotopic (exact) mass is 474 g/mol. The fourth-order valence-corrected chi connectivity index (χ4v) is 6.30. The van der Waals surface area contributed by atoms with E-state index >= 15 is 0 Å². The number of piperazine rings is 1. The third kappa shape index (κ3) is 4.00. The normalized spacial score (nSPS) is 17.5. The summed E-state index contributed by atoms with van der Waals surface area (Å²) in [4.78, 5) is 32.3. The van der Waals surface area contributed by atoms with Gasteiger partial charge in [-0.25, -0.2) is 9.97 Å². The van der Waals surface area contributed by atoms with Gasteiger partial charge >= 0.3 is 0 Å². The van der Waals surface area contributed by atoms with Gasteiger partial charge in [0.05, 0.1) is 17.2 Å². The highest BCUT2D eigenvalue weighted by atomic mass is 32.1. The molecule has 1 fully saturated rings. The van der Waals surface area contributed by atoms with Gasteiger partial charge in [0.1, 0.15) is 10.6 Å².